The molecule has 0 spiro atoms. The van der Waals surface area contributed by atoms with Gasteiger partial charge in [0.25, 0.3) is 11.7 Å². The third-order valence-electron chi connectivity index (χ3n) is 8.01. The van der Waals surface area contributed by atoms with Gasteiger partial charge < -0.3 is 25.0 Å². The minimum Gasteiger partial charge on any atom is -0.448 e. The molecule has 1 aromatic carbocycles. The van der Waals surface area contributed by atoms with E-state index in [1.165, 1.54) is 0 Å². The van der Waals surface area contributed by atoms with Crippen molar-refractivity contribution in [1.29, 1.82) is 0 Å². The maximum Gasteiger partial charge on any atom is 0.251 e. The lowest BCUT2D eigenvalue weighted by Gasteiger charge is -2.39. The summed E-state index contributed by atoms with van der Waals surface area (Å²) in [5.74, 6) is -0.0334. The van der Waals surface area contributed by atoms with Crippen LogP contribution < -0.4 is 20.1 Å². The number of benzene rings is 1. The summed E-state index contributed by atoms with van der Waals surface area (Å²) < 4.78 is 12.8. The van der Waals surface area contributed by atoms with Gasteiger partial charge in [-0.25, -0.2) is 0 Å². The highest BCUT2D eigenvalue weighted by Gasteiger charge is 2.47. The first-order valence-corrected chi connectivity index (χ1v) is 14.2. The lowest BCUT2D eigenvalue weighted by atomic mass is 9.81. The van der Waals surface area contributed by atoms with Crippen molar-refractivity contribution in [2.45, 2.75) is 76.0 Å². The molecule has 0 bridgehead atoms. The Morgan fingerprint density at radius 1 is 1.26 bits per heavy atom. The van der Waals surface area contributed by atoms with Crippen molar-refractivity contribution in [2.75, 3.05) is 26.9 Å². The van der Waals surface area contributed by atoms with Crippen LogP contribution in [0.3, 0.4) is 0 Å². The number of thioether (sulfide) groups is 1. The fourth-order valence-corrected chi connectivity index (χ4v) is 7.00. The maximum atomic E-state index is 13.2. The fraction of sp³-hybridized carbons (Fsp3) is 0.692. The number of halogens is 1. The Morgan fingerprint density at radius 2 is 1.91 bits per heavy atom. The molecule has 2 aliphatic heterocycles. The summed E-state index contributed by atoms with van der Waals surface area (Å²) >= 11 is 8.27. The predicted molar refractivity (Wildman–Crippen MR) is 141 cm³/mol. The van der Waals surface area contributed by atoms with Crippen LogP contribution in [0.25, 0.3) is 0 Å². The first-order chi connectivity index (χ1) is 16.5. The number of hydrogen-bond acceptors (Lipinski definition) is 6. The molecule has 1 aliphatic carbocycles. The molecule has 4 rings (SSSR count). The van der Waals surface area contributed by atoms with Crippen LogP contribution in [-0.4, -0.2) is 66.7 Å². The average molecular weight is 524 g/mol. The summed E-state index contributed by atoms with van der Waals surface area (Å²) in [5, 5.41) is 6.50. The molecule has 1 aromatic rings. The fourth-order valence-electron chi connectivity index (χ4n) is 5.74. The van der Waals surface area contributed by atoms with Crippen LogP contribution in [0.4, 0.5) is 0 Å². The second kappa shape index (κ2) is 10.4. The molecular weight excluding hydrogens is 486 g/mol. The molecule has 2 fully saturated rings. The number of hydrogen-bond donors (Lipinski definition) is 2. The first kappa shape index (κ1) is 26.4. The van der Waals surface area contributed by atoms with Gasteiger partial charge in [-0.1, -0.05) is 11.6 Å². The van der Waals surface area contributed by atoms with E-state index < -0.39 is 5.79 Å². The molecule has 4 atom stereocenters. The summed E-state index contributed by atoms with van der Waals surface area (Å²) in [6.07, 6.45) is 7.11. The van der Waals surface area contributed by atoms with Gasteiger partial charge in [0.1, 0.15) is 0 Å². The number of amides is 2. The standard InChI is InChI=1S/C26H38ClN3O4S/c1-14-11-21(35-6)19(25(32)29-14)13-28-24(31)18-12-20(27)23-22(15(18)2)33-26(3,34-23)16-7-9-17(10-8-16)30(4)5/h12,14,16-17,19,21H,7-11,13H2,1-6H3,(H,28,31)(H,29,32)/t14?,16?,17?,19?,21?,26-/m1/s1. The van der Waals surface area contributed by atoms with Gasteiger partial charge in [0.2, 0.25) is 5.91 Å². The van der Waals surface area contributed by atoms with Gasteiger partial charge in [-0.2, -0.15) is 11.8 Å². The zero-order valence-electron chi connectivity index (χ0n) is 21.6. The minimum absolute atomic E-state index is 0.0106. The van der Waals surface area contributed by atoms with E-state index in [2.05, 4.69) is 29.6 Å². The van der Waals surface area contributed by atoms with E-state index in [4.69, 9.17) is 21.1 Å². The monoisotopic (exact) mass is 523 g/mol. The molecule has 0 radical (unpaired) electrons. The summed E-state index contributed by atoms with van der Waals surface area (Å²) in [5.41, 5.74) is 1.15. The van der Waals surface area contributed by atoms with Crippen LogP contribution in [0.1, 0.15) is 61.9 Å². The number of ether oxygens (including phenoxy) is 2. The molecule has 0 aromatic heterocycles. The maximum absolute atomic E-state index is 13.2. The Bertz CT molecular complexity index is 982. The summed E-state index contributed by atoms with van der Waals surface area (Å²) in [6, 6.07) is 2.38. The molecule has 194 valence electrons. The second-order valence-electron chi connectivity index (χ2n) is 10.6. The van der Waals surface area contributed by atoms with Gasteiger partial charge in [-0.15, -0.1) is 0 Å². The molecule has 1 saturated heterocycles. The Hall–Kier alpha value is -1.64. The molecule has 9 heteroatoms. The normalized spacial score (nSPS) is 32.5. The van der Waals surface area contributed by atoms with Crippen LogP contribution in [0.2, 0.25) is 5.02 Å². The van der Waals surface area contributed by atoms with Crippen molar-refractivity contribution in [1.82, 2.24) is 15.5 Å². The quantitative estimate of drug-likeness (QED) is 0.580. The molecule has 1 saturated carbocycles. The highest BCUT2D eigenvalue weighted by atomic mass is 35.5. The van der Waals surface area contributed by atoms with Crippen molar-refractivity contribution in [3.63, 3.8) is 0 Å². The third-order valence-corrected chi connectivity index (χ3v) is 9.41. The number of carbonyl (C=O) groups excluding carboxylic acids is 2. The highest BCUT2D eigenvalue weighted by Crippen LogP contribution is 2.51. The first-order valence-electron chi connectivity index (χ1n) is 12.5. The molecule has 2 amide bonds. The van der Waals surface area contributed by atoms with Crippen LogP contribution in [-0.2, 0) is 4.79 Å². The van der Waals surface area contributed by atoms with E-state index in [0.29, 0.717) is 33.7 Å². The minimum atomic E-state index is -0.800. The number of fused-ring (bicyclic) bond motifs is 1. The van der Waals surface area contributed by atoms with E-state index in [1.54, 1.807) is 17.8 Å². The lowest BCUT2D eigenvalue weighted by Crippen LogP contribution is -2.52. The summed E-state index contributed by atoms with van der Waals surface area (Å²) in [6.45, 7) is 6.13. The van der Waals surface area contributed by atoms with E-state index in [-0.39, 0.29) is 41.5 Å². The Kier molecular flexibility index (Phi) is 7.84. The molecule has 7 nitrogen and oxygen atoms in total. The smallest absolute Gasteiger partial charge is 0.251 e. The van der Waals surface area contributed by atoms with Gasteiger partial charge >= 0.3 is 0 Å². The van der Waals surface area contributed by atoms with Crippen molar-refractivity contribution < 1.29 is 19.1 Å². The number of nitrogens with one attached hydrogen (secondary N) is 2. The van der Waals surface area contributed by atoms with Crippen LogP contribution in [0.15, 0.2) is 6.07 Å². The van der Waals surface area contributed by atoms with Gasteiger partial charge in [-0.3, -0.25) is 9.59 Å². The SMILES string of the molecule is CSC1CC(C)NC(=O)C1CNC(=O)c1cc(Cl)c2c(c1C)O[C@@](C)(C1CCC(N(C)C)CC1)O2. The van der Waals surface area contributed by atoms with Crippen LogP contribution in [0, 0.1) is 18.8 Å². The number of nitrogens with zero attached hydrogens (tertiary/aromatic N) is 1. The predicted octanol–water partition coefficient (Wildman–Crippen LogP) is 4.24. The Morgan fingerprint density at radius 3 is 2.54 bits per heavy atom. The molecule has 3 aliphatic rings. The van der Waals surface area contributed by atoms with E-state index in [1.807, 2.05) is 27.0 Å². The van der Waals surface area contributed by atoms with Crippen molar-refractivity contribution in [3.8, 4) is 11.5 Å². The lowest BCUT2D eigenvalue weighted by molar-refractivity contribution is -0.127. The van der Waals surface area contributed by atoms with Gasteiger partial charge in [-0.05, 0) is 72.4 Å². The largest absolute Gasteiger partial charge is 0.448 e. The van der Waals surface area contributed by atoms with Gasteiger partial charge in [0.05, 0.1) is 10.9 Å². The molecular formula is C26H38ClN3O4S. The zero-order valence-corrected chi connectivity index (χ0v) is 23.1. The van der Waals surface area contributed by atoms with Crippen molar-refractivity contribution >= 4 is 35.2 Å². The van der Waals surface area contributed by atoms with Crippen LogP contribution >= 0.6 is 23.4 Å². The molecule has 2 N–H and O–H groups in total. The number of carbonyl (C=O) groups is 2. The van der Waals surface area contributed by atoms with Gasteiger partial charge in [0.15, 0.2) is 11.5 Å². The highest BCUT2D eigenvalue weighted by molar-refractivity contribution is 7.99. The Labute approximate surface area is 218 Å². The van der Waals surface area contributed by atoms with Crippen molar-refractivity contribution in [3.05, 3.63) is 22.2 Å². The molecule has 3 unspecified atom stereocenters. The third kappa shape index (κ3) is 5.25. The molecule has 2 heterocycles. The number of rotatable bonds is 6. The van der Waals surface area contributed by atoms with Gasteiger partial charge in [0, 0.05) is 47.8 Å². The van der Waals surface area contributed by atoms with E-state index >= 15 is 0 Å². The topological polar surface area (TPSA) is 79.9 Å². The second-order valence-corrected chi connectivity index (χ2v) is 12.1. The van der Waals surface area contributed by atoms with E-state index in [0.717, 1.165) is 32.1 Å². The van der Waals surface area contributed by atoms with Crippen molar-refractivity contribution in [2.24, 2.45) is 11.8 Å². The summed E-state index contributed by atoms with van der Waals surface area (Å²) in [7, 11) is 4.26. The summed E-state index contributed by atoms with van der Waals surface area (Å²) in [4.78, 5) is 28.0. The number of piperidine rings is 1. The van der Waals surface area contributed by atoms with Crippen LogP contribution in [0.5, 0.6) is 11.5 Å². The molecule has 35 heavy (non-hydrogen) atoms. The average Bonchev–Trinajstić information content (AvgIpc) is 3.20. The Balaban J connectivity index is 1.47. The zero-order chi connectivity index (χ0) is 25.5. The van der Waals surface area contributed by atoms with E-state index in [9.17, 15) is 9.59 Å².